The molecule has 1 aliphatic carbocycles. The molecule has 0 amide bonds. The van der Waals surface area contributed by atoms with E-state index in [9.17, 15) is 0 Å². The number of aryl methyl sites for hydroxylation is 1. The van der Waals surface area contributed by atoms with Gasteiger partial charge in [-0.2, -0.15) is 0 Å². The second-order valence-corrected chi connectivity index (χ2v) is 7.38. The number of fused-ring (bicyclic) bond motifs is 1. The minimum Gasteiger partial charge on any atom is -0.0651 e. The van der Waals surface area contributed by atoms with Crippen LogP contribution in [0.25, 0.3) is 17.2 Å². The molecule has 0 aromatic heterocycles. The van der Waals surface area contributed by atoms with E-state index >= 15 is 0 Å². The third-order valence-electron chi connectivity index (χ3n) is 4.67. The Kier molecular flexibility index (Phi) is 3.95. The van der Waals surface area contributed by atoms with E-state index in [1.807, 2.05) is 0 Å². The molecule has 0 aliphatic heterocycles. The van der Waals surface area contributed by atoms with Gasteiger partial charge in [0.15, 0.2) is 0 Å². The number of hydrogen-bond donors (Lipinski definition) is 0. The first-order valence-electron chi connectivity index (χ1n) is 8.42. The molecule has 0 heteroatoms. The lowest BCUT2D eigenvalue weighted by molar-refractivity contribution is 0.498. The molecule has 2 aromatic carbocycles. The summed E-state index contributed by atoms with van der Waals surface area (Å²) in [5.41, 5.74) is 9.05. The smallest absolute Gasteiger partial charge is 0.00523 e. The second-order valence-electron chi connectivity index (χ2n) is 7.38. The molecule has 0 atom stereocenters. The van der Waals surface area contributed by atoms with Gasteiger partial charge < -0.3 is 0 Å². The third kappa shape index (κ3) is 2.75. The number of rotatable bonds is 3. The van der Waals surface area contributed by atoms with Gasteiger partial charge in [0.1, 0.15) is 0 Å². The van der Waals surface area contributed by atoms with E-state index < -0.39 is 0 Å². The lowest BCUT2D eigenvalue weighted by Crippen LogP contribution is -2.08. The first kappa shape index (κ1) is 15.1. The Hall–Kier alpha value is -1.82. The lowest BCUT2D eigenvalue weighted by Gasteiger charge is -2.19. The van der Waals surface area contributed by atoms with Crippen molar-refractivity contribution in [1.82, 2.24) is 0 Å². The van der Waals surface area contributed by atoms with Gasteiger partial charge in [-0.1, -0.05) is 88.2 Å². The molecule has 0 spiro atoms. The molecular weight excluding hydrogens is 264 g/mol. The van der Waals surface area contributed by atoms with Crippen LogP contribution >= 0.6 is 0 Å². The molecule has 22 heavy (non-hydrogen) atoms. The minimum atomic E-state index is 0.248. The van der Waals surface area contributed by atoms with E-state index in [2.05, 4.69) is 76.2 Å². The quantitative estimate of drug-likeness (QED) is 0.623. The van der Waals surface area contributed by atoms with Crippen LogP contribution in [-0.4, -0.2) is 0 Å². The molecule has 1 aliphatic rings. The molecule has 0 fully saturated rings. The fourth-order valence-electron chi connectivity index (χ4n) is 3.36. The van der Waals surface area contributed by atoms with Crippen molar-refractivity contribution in [3.05, 3.63) is 64.7 Å². The molecule has 0 heterocycles. The molecule has 0 nitrogen and oxygen atoms in total. The maximum Gasteiger partial charge on any atom is -0.00523 e. The Morgan fingerprint density at radius 1 is 0.955 bits per heavy atom. The number of allylic oxidation sites excluding steroid dienone is 1. The van der Waals surface area contributed by atoms with Crippen molar-refractivity contribution in [2.24, 2.45) is 5.41 Å². The van der Waals surface area contributed by atoms with Crippen LogP contribution in [0.3, 0.4) is 0 Å². The Labute approximate surface area is 134 Å². The summed E-state index contributed by atoms with van der Waals surface area (Å²) < 4.78 is 0. The summed E-state index contributed by atoms with van der Waals surface area (Å²) in [6.45, 7) is 9.22. The maximum atomic E-state index is 2.46. The van der Waals surface area contributed by atoms with Gasteiger partial charge in [0.2, 0.25) is 0 Å². The predicted octanol–water partition coefficient (Wildman–Crippen LogP) is 6.29. The van der Waals surface area contributed by atoms with Gasteiger partial charge in [-0.25, -0.2) is 0 Å². The van der Waals surface area contributed by atoms with Crippen LogP contribution in [0, 0.1) is 5.41 Å². The van der Waals surface area contributed by atoms with Gasteiger partial charge in [0.25, 0.3) is 0 Å². The van der Waals surface area contributed by atoms with Crippen LogP contribution in [0.2, 0.25) is 0 Å². The van der Waals surface area contributed by atoms with Crippen molar-refractivity contribution in [2.75, 3.05) is 0 Å². The van der Waals surface area contributed by atoms with Crippen LogP contribution in [-0.2, 0) is 12.8 Å². The van der Waals surface area contributed by atoms with Crippen molar-refractivity contribution >= 4 is 6.08 Å². The molecule has 0 saturated carbocycles. The van der Waals surface area contributed by atoms with E-state index in [1.54, 1.807) is 5.57 Å². The van der Waals surface area contributed by atoms with Crippen molar-refractivity contribution in [3.8, 4) is 11.1 Å². The van der Waals surface area contributed by atoms with E-state index in [4.69, 9.17) is 0 Å². The summed E-state index contributed by atoms with van der Waals surface area (Å²) >= 11 is 0. The molecular formula is C22H26. The Morgan fingerprint density at radius 2 is 1.68 bits per heavy atom. The van der Waals surface area contributed by atoms with Gasteiger partial charge in [-0.15, -0.1) is 0 Å². The predicted molar refractivity (Wildman–Crippen MR) is 97.0 cm³/mol. The summed E-state index contributed by atoms with van der Waals surface area (Å²) in [5.74, 6) is 0. The van der Waals surface area contributed by atoms with Gasteiger partial charge in [-0.05, 0) is 46.1 Å². The summed E-state index contributed by atoms with van der Waals surface area (Å²) in [5, 5.41) is 0. The molecule has 114 valence electrons. The SMILES string of the molecule is CCCc1ccc2c(c1-c1ccccc1)C=C(C(C)(C)C)C2. The topological polar surface area (TPSA) is 0 Å². The summed E-state index contributed by atoms with van der Waals surface area (Å²) in [6, 6.07) is 15.6. The van der Waals surface area contributed by atoms with Crippen LogP contribution in [0.1, 0.15) is 50.8 Å². The van der Waals surface area contributed by atoms with Gasteiger partial charge >= 0.3 is 0 Å². The molecule has 0 saturated heterocycles. The lowest BCUT2D eigenvalue weighted by atomic mass is 9.85. The van der Waals surface area contributed by atoms with Crippen LogP contribution in [0.15, 0.2) is 48.0 Å². The monoisotopic (exact) mass is 290 g/mol. The molecule has 2 aromatic rings. The fourth-order valence-corrected chi connectivity index (χ4v) is 3.36. The van der Waals surface area contributed by atoms with Crippen molar-refractivity contribution in [1.29, 1.82) is 0 Å². The number of hydrogen-bond acceptors (Lipinski definition) is 0. The van der Waals surface area contributed by atoms with Crippen LogP contribution < -0.4 is 0 Å². The van der Waals surface area contributed by atoms with Gasteiger partial charge in [0, 0.05) is 0 Å². The zero-order valence-electron chi connectivity index (χ0n) is 14.2. The standard InChI is InChI=1S/C22H26/c1-5-9-16-12-13-18-14-19(22(2,3)4)15-20(18)21(16)17-10-7-6-8-11-17/h6-8,10-13,15H,5,9,14H2,1-4H3. The highest BCUT2D eigenvalue weighted by Gasteiger charge is 2.25. The molecule has 3 rings (SSSR count). The van der Waals surface area contributed by atoms with Crippen LogP contribution in [0.4, 0.5) is 0 Å². The Bertz CT molecular complexity index is 697. The number of benzene rings is 2. The summed E-state index contributed by atoms with van der Waals surface area (Å²) in [4.78, 5) is 0. The average molecular weight is 290 g/mol. The largest absolute Gasteiger partial charge is 0.0651 e. The summed E-state index contributed by atoms with van der Waals surface area (Å²) in [7, 11) is 0. The third-order valence-corrected chi connectivity index (χ3v) is 4.67. The van der Waals surface area contributed by atoms with Crippen molar-refractivity contribution in [3.63, 3.8) is 0 Å². The van der Waals surface area contributed by atoms with E-state index in [0.717, 1.165) is 12.8 Å². The van der Waals surface area contributed by atoms with Crippen molar-refractivity contribution in [2.45, 2.75) is 47.0 Å². The molecule has 0 unspecified atom stereocenters. The summed E-state index contributed by atoms with van der Waals surface area (Å²) in [6.07, 6.45) is 5.90. The first-order valence-corrected chi connectivity index (χ1v) is 8.42. The Balaban J connectivity index is 2.19. The molecule has 0 radical (unpaired) electrons. The molecule has 0 N–H and O–H groups in total. The van der Waals surface area contributed by atoms with E-state index in [-0.39, 0.29) is 5.41 Å². The van der Waals surface area contributed by atoms with E-state index in [1.165, 1.54) is 34.2 Å². The highest BCUT2D eigenvalue weighted by molar-refractivity contribution is 5.83. The first-order chi connectivity index (χ1) is 10.5. The highest BCUT2D eigenvalue weighted by atomic mass is 14.3. The zero-order chi connectivity index (χ0) is 15.7. The second kappa shape index (κ2) is 5.76. The minimum absolute atomic E-state index is 0.248. The highest BCUT2D eigenvalue weighted by Crippen LogP contribution is 2.42. The van der Waals surface area contributed by atoms with Crippen LogP contribution in [0.5, 0.6) is 0 Å². The Morgan fingerprint density at radius 3 is 2.32 bits per heavy atom. The molecule has 0 bridgehead atoms. The van der Waals surface area contributed by atoms with E-state index in [0.29, 0.717) is 0 Å². The van der Waals surface area contributed by atoms with Gasteiger partial charge in [0.05, 0.1) is 0 Å². The maximum absolute atomic E-state index is 2.46. The average Bonchev–Trinajstić information content (AvgIpc) is 2.92. The van der Waals surface area contributed by atoms with Crippen molar-refractivity contribution < 1.29 is 0 Å². The normalized spacial score (nSPS) is 13.9. The fraction of sp³-hybridized carbons (Fsp3) is 0.364. The zero-order valence-corrected chi connectivity index (χ0v) is 14.2. The van der Waals surface area contributed by atoms with Gasteiger partial charge in [-0.3, -0.25) is 0 Å².